The molecular weight excluding hydrogens is 378 g/mol. The van der Waals surface area contributed by atoms with Crippen LogP contribution in [0.4, 0.5) is 0 Å². The Morgan fingerprint density at radius 1 is 1.07 bits per heavy atom. The second kappa shape index (κ2) is 6.97. The second-order valence-corrected chi connectivity index (χ2v) is 7.03. The van der Waals surface area contributed by atoms with E-state index >= 15 is 0 Å². The molecule has 0 aliphatic heterocycles. The molecule has 0 saturated carbocycles. The maximum Gasteiger partial charge on any atom is 0.348 e. The smallest absolute Gasteiger partial charge is 0.348 e. The monoisotopic (exact) mass is 395 g/mol. The topological polar surface area (TPSA) is 86.0 Å². The molecule has 0 amide bonds. The van der Waals surface area contributed by atoms with E-state index < -0.39 is 5.97 Å². The molecule has 28 heavy (non-hydrogen) atoms. The molecule has 1 N–H and O–H groups in total. The van der Waals surface area contributed by atoms with Gasteiger partial charge in [-0.3, -0.25) is 0 Å². The summed E-state index contributed by atoms with van der Waals surface area (Å²) in [6.45, 7) is 1.88. The average Bonchev–Trinajstić information content (AvgIpc) is 3.27. The van der Waals surface area contributed by atoms with E-state index in [0.717, 1.165) is 28.1 Å². The fraction of sp³-hybridized carbons (Fsp3) is 0.150. The Balaban J connectivity index is 2.01. The Morgan fingerprint density at radius 3 is 2.43 bits per heavy atom. The van der Waals surface area contributed by atoms with Gasteiger partial charge in [0.15, 0.2) is 0 Å². The van der Waals surface area contributed by atoms with Crippen LogP contribution in [0.25, 0.3) is 27.3 Å². The van der Waals surface area contributed by atoms with Crippen LogP contribution in [0.3, 0.4) is 0 Å². The van der Waals surface area contributed by atoms with E-state index in [1.54, 1.807) is 22.7 Å². The Bertz CT molecular complexity index is 1170. The van der Waals surface area contributed by atoms with Crippen molar-refractivity contribution in [3.05, 3.63) is 53.2 Å². The minimum atomic E-state index is -1.05. The van der Waals surface area contributed by atoms with Crippen LogP contribution in [-0.4, -0.2) is 39.9 Å². The van der Waals surface area contributed by atoms with Gasteiger partial charge in [-0.15, -0.1) is 11.3 Å². The highest BCUT2D eigenvalue weighted by atomic mass is 32.1. The number of hydrogen-bond donors (Lipinski definition) is 1. The fourth-order valence-corrected chi connectivity index (χ4v) is 4.22. The maximum atomic E-state index is 12.0. The van der Waals surface area contributed by atoms with Gasteiger partial charge in [-0.2, -0.15) is 5.10 Å². The molecule has 0 aliphatic rings. The van der Waals surface area contributed by atoms with Crippen LogP contribution in [-0.2, 0) is 0 Å². The standard InChI is InChI=1S/C20H17N3O4S/c1-11-15(12-7-4-5-10-23(12)22-11)19-21-17(18(28-19)20(24)25)16-13(26-2)8-6-9-14(16)27-3/h4-10H,1-3H3,(H,24,25). The van der Waals surface area contributed by atoms with Crippen molar-refractivity contribution in [2.24, 2.45) is 0 Å². The van der Waals surface area contributed by atoms with Crippen LogP contribution in [0.5, 0.6) is 11.5 Å². The average molecular weight is 395 g/mol. The molecule has 1 aromatic carbocycles. The molecule has 0 saturated heterocycles. The number of aromatic nitrogens is 3. The van der Waals surface area contributed by atoms with Gasteiger partial charge in [0.1, 0.15) is 27.1 Å². The van der Waals surface area contributed by atoms with Crippen LogP contribution >= 0.6 is 11.3 Å². The van der Waals surface area contributed by atoms with Crippen LogP contribution in [0.15, 0.2) is 42.6 Å². The van der Waals surface area contributed by atoms with Crippen molar-refractivity contribution < 1.29 is 19.4 Å². The molecular formula is C20H17N3O4S. The molecule has 0 fully saturated rings. The van der Waals surface area contributed by atoms with Gasteiger partial charge in [0, 0.05) is 6.20 Å². The number of fused-ring (bicyclic) bond motifs is 1. The number of carbonyl (C=O) groups is 1. The summed E-state index contributed by atoms with van der Waals surface area (Å²) in [6, 6.07) is 11.0. The van der Waals surface area contributed by atoms with Crippen LogP contribution in [0.2, 0.25) is 0 Å². The number of hydrogen-bond acceptors (Lipinski definition) is 6. The summed E-state index contributed by atoms with van der Waals surface area (Å²) in [5, 5.41) is 14.9. The maximum absolute atomic E-state index is 12.0. The highest BCUT2D eigenvalue weighted by molar-refractivity contribution is 7.17. The van der Waals surface area contributed by atoms with Crippen LogP contribution in [0, 0.1) is 6.92 Å². The zero-order valence-corrected chi connectivity index (χ0v) is 16.3. The Hall–Kier alpha value is -3.39. The minimum absolute atomic E-state index is 0.118. The van der Waals surface area contributed by atoms with Gasteiger partial charge < -0.3 is 14.6 Å². The number of thiazole rings is 1. The van der Waals surface area contributed by atoms with Gasteiger partial charge in [0.2, 0.25) is 0 Å². The summed E-state index contributed by atoms with van der Waals surface area (Å²) in [4.78, 5) is 16.8. The second-order valence-electron chi connectivity index (χ2n) is 6.03. The van der Waals surface area contributed by atoms with E-state index in [2.05, 4.69) is 5.10 Å². The van der Waals surface area contributed by atoms with E-state index in [1.165, 1.54) is 14.2 Å². The van der Waals surface area contributed by atoms with Crippen molar-refractivity contribution in [1.29, 1.82) is 0 Å². The predicted molar refractivity (Wildman–Crippen MR) is 107 cm³/mol. The summed E-state index contributed by atoms with van der Waals surface area (Å²) in [5.74, 6) is -0.0635. The highest BCUT2D eigenvalue weighted by Gasteiger charge is 2.26. The van der Waals surface area contributed by atoms with Crippen LogP contribution < -0.4 is 9.47 Å². The van der Waals surface area contributed by atoms with Gasteiger partial charge in [-0.25, -0.2) is 14.3 Å². The third kappa shape index (κ3) is 2.78. The lowest BCUT2D eigenvalue weighted by Gasteiger charge is -2.11. The molecule has 4 aromatic rings. The van der Waals surface area contributed by atoms with Crippen molar-refractivity contribution in [2.75, 3.05) is 14.2 Å². The lowest BCUT2D eigenvalue weighted by Crippen LogP contribution is -1.99. The molecule has 7 nitrogen and oxygen atoms in total. The number of aryl methyl sites for hydroxylation is 1. The van der Waals surface area contributed by atoms with Crippen LogP contribution in [0.1, 0.15) is 15.4 Å². The summed E-state index contributed by atoms with van der Waals surface area (Å²) < 4.78 is 12.7. The van der Waals surface area contributed by atoms with Gasteiger partial charge in [0.05, 0.1) is 36.6 Å². The number of carboxylic acids is 1. The van der Waals surface area contributed by atoms with E-state index in [9.17, 15) is 9.90 Å². The first-order valence-electron chi connectivity index (χ1n) is 8.45. The first-order valence-corrected chi connectivity index (χ1v) is 9.26. The molecule has 0 atom stereocenters. The van der Waals surface area contributed by atoms with Gasteiger partial charge in [-0.05, 0) is 31.2 Å². The van der Waals surface area contributed by atoms with Gasteiger partial charge >= 0.3 is 5.97 Å². The summed E-state index contributed by atoms with van der Waals surface area (Å²) in [5.41, 5.74) is 3.28. The van der Waals surface area contributed by atoms with Crippen molar-refractivity contribution in [3.63, 3.8) is 0 Å². The summed E-state index contributed by atoms with van der Waals surface area (Å²) >= 11 is 1.11. The van der Waals surface area contributed by atoms with Crippen molar-refractivity contribution in [3.8, 4) is 33.3 Å². The number of aromatic carboxylic acids is 1. The highest BCUT2D eigenvalue weighted by Crippen LogP contribution is 2.43. The molecule has 0 aliphatic carbocycles. The molecule has 3 aromatic heterocycles. The number of nitrogens with zero attached hydrogens (tertiary/aromatic N) is 3. The molecule has 142 valence electrons. The number of benzene rings is 1. The molecule has 4 rings (SSSR count). The molecule has 8 heteroatoms. The summed E-state index contributed by atoms with van der Waals surface area (Å²) in [6.07, 6.45) is 1.85. The Morgan fingerprint density at radius 2 is 1.79 bits per heavy atom. The zero-order valence-electron chi connectivity index (χ0n) is 15.5. The van der Waals surface area contributed by atoms with Crippen molar-refractivity contribution >= 4 is 22.8 Å². The van der Waals surface area contributed by atoms with E-state index in [4.69, 9.17) is 14.5 Å². The third-order valence-corrected chi connectivity index (χ3v) is 5.48. The number of pyridine rings is 1. The largest absolute Gasteiger partial charge is 0.496 e. The van der Waals surface area contributed by atoms with E-state index in [1.807, 2.05) is 31.3 Å². The van der Waals surface area contributed by atoms with E-state index in [0.29, 0.717) is 27.8 Å². The van der Waals surface area contributed by atoms with Crippen molar-refractivity contribution in [2.45, 2.75) is 6.92 Å². The molecule has 3 heterocycles. The number of methoxy groups -OCH3 is 2. The van der Waals surface area contributed by atoms with Crippen molar-refractivity contribution in [1.82, 2.24) is 14.6 Å². The predicted octanol–water partition coefficient (Wildman–Crippen LogP) is 4.15. The number of rotatable bonds is 5. The fourth-order valence-electron chi connectivity index (χ4n) is 3.21. The Kier molecular flexibility index (Phi) is 4.48. The lowest BCUT2D eigenvalue weighted by atomic mass is 10.1. The lowest BCUT2D eigenvalue weighted by molar-refractivity contribution is 0.0702. The molecule has 0 spiro atoms. The first kappa shape index (κ1) is 18.0. The normalized spacial score (nSPS) is 11.0. The quantitative estimate of drug-likeness (QED) is 0.546. The minimum Gasteiger partial charge on any atom is -0.496 e. The SMILES string of the molecule is COc1cccc(OC)c1-c1nc(-c2c(C)nn3ccccc23)sc1C(=O)O. The first-order chi connectivity index (χ1) is 13.5. The molecule has 0 bridgehead atoms. The number of carboxylic acid groups (broad SMARTS) is 1. The molecule has 0 unspecified atom stereocenters. The molecule has 0 radical (unpaired) electrons. The summed E-state index contributed by atoms with van der Waals surface area (Å²) in [7, 11) is 3.06. The third-order valence-electron chi connectivity index (χ3n) is 4.41. The van der Waals surface area contributed by atoms with Gasteiger partial charge in [0.25, 0.3) is 0 Å². The Labute approximate surface area is 164 Å². The zero-order chi connectivity index (χ0) is 19.8. The number of ether oxygens (including phenoxy) is 2. The van der Waals surface area contributed by atoms with E-state index in [-0.39, 0.29) is 4.88 Å². The van der Waals surface area contributed by atoms with Gasteiger partial charge in [-0.1, -0.05) is 12.1 Å².